The van der Waals surface area contributed by atoms with E-state index in [1.54, 1.807) is 17.8 Å². The number of anilines is 1. The van der Waals surface area contributed by atoms with Crippen LogP contribution in [-0.4, -0.2) is 28.1 Å². The third-order valence-corrected chi connectivity index (χ3v) is 6.90. The van der Waals surface area contributed by atoms with E-state index in [1.165, 1.54) is 25.1 Å². The van der Waals surface area contributed by atoms with Crippen molar-refractivity contribution in [3.05, 3.63) is 40.3 Å². The number of carbonyl (C=O) groups excluding carboxylic acids is 2. The van der Waals surface area contributed by atoms with E-state index in [0.29, 0.717) is 34.6 Å². The molecule has 2 aromatic rings. The first kappa shape index (κ1) is 20.6. The molecule has 0 radical (unpaired) electrons. The van der Waals surface area contributed by atoms with Gasteiger partial charge < -0.3 is 15.1 Å². The first-order valence-corrected chi connectivity index (χ1v) is 11.3. The van der Waals surface area contributed by atoms with Crippen LogP contribution in [0.25, 0.3) is 0 Å². The van der Waals surface area contributed by atoms with Crippen LogP contribution in [-0.2, 0) is 4.79 Å². The minimum Gasteiger partial charge on any atom is -0.445 e. The van der Waals surface area contributed by atoms with Crippen LogP contribution >= 0.6 is 35.0 Å². The topological polar surface area (TPSA) is 84.2 Å². The molecule has 0 atom stereocenters. The molecule has 0 bridgehead atoms. The van der Waals surface area contributed by atoms with Crippen LogP contribution in [0.1, 0.15) is 49.1 Å². The molecule has 2 amide bonds. The Morgan fingerprint density at radius 1 is 1.10 bits per heavy atom. The summed E-state index contributed by atoms with van der Waals surface area (Å²) in [6.45, 7) is 0. The lowest BCUT2D eigenvalue weighted by molar-refractivity contribution is -0.120. The smallest absolute Gasteiger partial charge is 0.287 e. The quantitative estimate of drug-likeness (QED) is 0.589. The van der Waals surface area contributed by atoms with Crippen molar-refractivity contribution in [3.63, 3.8) is 0 Å². The maximum absolute atomic E-state index is 12.5. The van der Waals surface area contributed by atoms with E-state index in [2.05, 4.69) is 15.6 Å². The summed E-state index contributed by atoms with van der Waals surface area (Å²) in [5.41, 5.74) is 0.453. The number of halogens is 2. The maximum Gasteiger partial charge on any atom is 0.287 e. The Morgan fingerprint density at radius 2 is 1.86 bits per heavy atom. The summed E-state index contributed by atoms with van der Waals surface area (Å²) in [6.07, 6.45) is 6.73. The van der Waals surface area contributed by atoms with Gasteiger partial charge >= 0.3 is 0 Å². The van der Waals surface area contributed by atoms with Crippen molar-refractivity contribution >= 4 is 52.5 Å². The number of hydrogen-bond acceptors (Lipinski definition) is 5. The Morgan fingerprint density at radius 3 is 2.55 bits per heavy atom. The molecule has 2 saturated carbocycles. The second-order valence-electron chi connectivity index (χ2n) is 7.43. The molecule has 0 saturated heterocycles. The Bertz CT molecular complexity index is 908. The minimum absolute atomic E-state index is 0.0389. The molecule has 2 aromatic heterocycles. The number of furan rings is 1. The van der Waals surface area contributed by atoms with E-state index in [-0.39, 0.29) is 28.9 Å². The zero-order chi connectivity index (χ0) is 20.4. The van der Waals surface area contributed by atoms with E-state index in [0.717, 1.165) is 17.9 Å². The molecule has 2 fully saturated rings. The number of carbonyl (C=O) groups is 2. The van der Waals surface area contributed by atoms with Crippen molar-refractivity contribution in [1.29, 1.82) is 0 Å². The number of aromatic nitrogens is 1. The first-order valence-electron chi connectivity index (χ1n) is 9.67. The predicted molar refractivity (Wildman–Crippen MR) is 114 cm³/mol. The van der Waals surface area contributed by atoms with Crippen molar-refractivity contribution in [2.45, 2.75) is 54.9 Å². The van der Waals surface area contributed by atoms with Gasteiger partial charge in [0.2, 0.25) is 5.91 Å². The molecule has 0 aromatic carbocycles. The fraction of sp³-hybridized carbons (Fsp3) is 0.450. The number of nitrogens with one attached hydrogen (secondary N) is 2. The zero-order valence-electron chi connectivity index (χ0n) is 15.6. The Balaban J connectivity index is 1.24. The van der Waals surface area contributed by atoms with Crippen LogP contribution in [0.15, 0.2) is 33.9 Å². The van der Waals surface area contributed by atoms with Gasteiger partial charge in [0, 0.05) is 17.2 Å². The van der Waals surface area contributed by atoms with Gasteiger partial charge in [-0.05, 0) is 56.7 Å². The third-order valence-electron chi connectivity index (χ3n) is 5.12. The number of rotatable bonds is 6. The highest BCUT2D eigenvalue weighted by atomic mass is 35.5. The molecule has 0 unspecified atom stereocenters. The van der Waals surface area contributed by atoms with Gasteiger partial charge in [-0.3, -0.25) is 9.59 Å². The van der Waals surface area contributed by atoms with Gasteiger partial charge in [0.1, 0.15) is 5.15 Å². The molecule has 2 aliphatic carbocycles. The Labute approximate surface area is 183 Å². The van der Waals surface area contributed by atoms with E-state index >= 15 is 0 Å². The highest BCUT2D eigenvalue weighted by molar-refractivity contribution is 8.00. The molecular formula is C20H21Cl2N3O3S. The van der Waals surface area contributed by atoms with Gasteiger partial charge in [-0.2, -0.15) is 0 Å². The van der Waals surface area contributed by atoms with E-state index < -0.39 is 0 Å². The molecule has 6 nitrogen and oxygen atoms in total. The van der Waals surface area contributed by atoms with Gasteiger partial charge in [-0.1, -0.05) is 35.0 Å². The standard InChI is InChI=1S/C20H21Cl2N3O3S/c21-14-9-17(22)23-10-15(14)25-19(26)11-1-3-12(4-2-11)24-20(27)16-7-8-18(28-16)29-13-5-6-13/h7-13H,1-6H2,(H,24,27)(H,25,26). The van der Waals surface area contributed by atoms with E-state index in [1.807, 2.05) is 6.07 Å². The lowest BCUT2D eigenvalue weighted by Crippen LogP contribution is -2.39. The Hall–Kier alpha value is -1.70. The summed E-state index contributed by atoms with van der Waals surface area (Å²) in [7, 11) is 0. The third kappa shape index (κ3) is 5.47. The SMILES string of the molecule is O=C(NC1CCC(C(=O)Nc2cnc(Cl)cc2Cl)CC1)c1ccc(SC2CC2)o1. The van der Waals surface area contributed by atoms with E-state index in [9.17, 15) is 9.59 Å². The van der Waals surface area contributed by atoms with Crippen molar-refractivity contribution < 1.29 is 14.0 Å². The van der Waals surface area contributed by atoms with Crippen molar-refractivity contribution in [3.8, 4) is 0 Å². The fourth-order valence-electron chi connectivity index (χ4n) is 3.35. The first-order chi connectivity index (χ1) is 14.0. The second-order valence-corrected chi connectivity index (χ2v) is 9.53. The van der Waals surface area contributed by atoms with Gasteiger partial charge in [0.05, 0.1) is 16.9 Å². The van der Waals surface area contributed by atoms with Crippen LogP contribution in [0.4, 0.5) is 5.69 Å². The zero-order valence-corrected chi connectivity index (χ0v) is 17.9. The van der Waals surface area contributed by atoms with Gasteiger partial charge in [-0.15, -0.1) is 0 Å². The lowest BCUT2D eigenvalue weighted by Gasteiger charge is -2.28. The number of amides is 2. The van der Waals surface area contributed by atoms with Crippen molar-refractivity contribution in [1.82, 2.24) is 10.3 Å². The molecule has 154 valence electrons. The summed E-state index contributed by atoms with van der Waals surface area (Å²) in [4.78, 5) is 28.9. The molecule has 4 rings (SSSR count). The molecule has 2 N–H and O–H groups in total. The lowest BCUT2D eigenvalue weighted by atomic mass is 9.85. The molecular weight excluding hydrogens is 433 g/mol. The molecule has 9 heteroatoms. The summed E-state index contributed by atoms with van der Waals surface area (Å²) >= 11 is 13.6. The molecule has 2 heterocycles. The highest BCUT2D eigenvalue weighted by Crippen LogP contribution is 2.39. The van der Waals surface area contributed by atoms with Gasteiger partial charge in [0.25, 0.3) is 5.91 Å². The highest BCUT2D eigenvalue weighted by Gasteiger charge is 2.29. The second kappa shape index (κ2) is 8.98. The Kier molecular flexibility index (Phi) is 6.37. The fourth-order valence-corrected chi connectivity index (χ4v) is 4.74. The minimum atomic E-state index is -0.195. The number of thioether (sulfide) groups is 1. The molecule has 0 spiro atoms. The summed E-state index contributed by atoms with van der Waals surface area (Å²) in [5, 5.41) is 7.91. The van der Waals surface area contributed by atoms with Gasteiger partial charge in [0.15, 0.2) is 10.9 Å². The normalized spacial score (nSPS) is 21.6. The molecule has 2 aliphatic rings. The largest absolute Gasteiger partial charge is 0.445 e. The van der Waals surface area contributed by atoms with Crippen LogP contribution in [0.3, 0.4) is 0 Å². The number of hydrogen-bond donors (Lipinski definition) is 2. The van der Waals surface area contributed by atoms with Gasteiger partial charge in [-0.25, -0.2) is 4.98 Å². The molecule has 0 aliphatic heterocycles. The average Bonchev–Trinajstić information content (AvgIpc) is 3.38. The van der Waals surface area contributed by atoms with Crippen LogP contribution in [0, 0.1) is 5.92 Å². The van der Waals surface area contributed by atoms with Crippen LogP contribution in [0.5, 0.6) is 0 Å². The monoisotopic (exact) mass is 453 g/mol. The number of pyridine rings is 1. The van der Waals surface area contributed by atoms with Crippen LogP contribution < -0.4 is 10.6 Å². The summed E-state index contributed by atoms with van der Waals surface area (Å²) < 4.78 is 5.64. The van der Waals surface area contributed by atoms with Crippen molar-refractivity contribution in [2.75, 3.05) is 5.32 Å². The maximum atomic E-state index is 12.5. The predicted octanol–water partition coefficient (Wildman–Crippen LogP) is 5.16. The average molecular weight is 454 g/mol. The number of nitrogens with zero attached hydrogens (tertiary/aromatic N) is 1. The summed E-state index contributed by atoms with van der Waals surface area (Å²) in [5.74, 6) is -0.0638. The van der Waals surface area contributed by atoms with E-state index in [4.69, 9.17) is 27.6 Å². The van der Waals surface area contributed by atoms with Crippen LogP contribution in [0.2, 0.25) is 10.2 Å². The van der Waals surface area contributed by atoms with Crippen molar-refractivity contribution in [2.24, 2.45) is 5.92 Å². The summed E-state index contributed by atoms with van der Waals surface area (Å²) in [6, 6.07) is 5.12. The molecule has 29 heavy (non-hydrogen) atoms.